The van der Waals surface area contributed by atoms with Gasteiger partial charge in [0.15, 0.2) is 15.0 Å². The van der Waals surface area contributed by atoms with Gasteiger partial charge in [0.25, 0.3) is 5.91 Å². The zero-order valence-corrected chi connectivity index (χ0v) is 18.7. The Kier molecular flexibility index (Phi) is 5.64. The van der Waals surface area contributed by atoms with E-state index in [1.54, 1.807) is 37.8 Å². The second kappa shape index (κ2) is 7.42. The van der Waals surface area contributed by atoms with Gasteiger partial charge in [0.1, 0.15) is 11.5 Å². The molecule has 1 aromatic carbocycles. The number of methoxy groups -OCH3 is 2. The van der Waals surface area contributed by atoms with Gasteiger partial charge in [0, 0.05) is 16.7 Å². The average Bonchev–Trinajstić information content (AvgIpc) is 3.04. The number of sulfone groups is 1. The number of halogens is 1. The second-order valence-electron chi connectivity index (χ2n) is 7.78. The number of nitrogens with zero attached hydrogens (tertiary/aromatic N) is 2. The lowest BCUT2D eigenvalue weighted by atomic mass is 9.96. The van der Waals surface area contributed by atoms with Crippen LogP contribution in [0, 0.1) is 5.41 Å². The van der Waals surface area contributed by atoms with Crippen LogP contribution < -0.4 is 14.4 Å². The fourth-order valence-electron chi connectivity index (χ4n) is 3.13. The van der Waals surface area contributed by atoms with Crippen molar-refractivity contribution in [2.75, 3.05) is 30.6 Å². The Morgan fingerprint density at radius 1 is 1.21 bits per heavy atom. The number of fused-ring (bicyclic) bond motifs is 1. The molecule has 3 rings (SSSR count). The maximum absolute atomic E-state index is 12.5. The largest absolute Gasteiger partial charge is 0.495 e. The molecule has 0 aliphatic carbocycles. The van der Waals surface area contributed by atoms with Crippen molar-refractivity contribution in [2.24, 2.45) is 10.4 Å². The summed E-state index contributed by atoms with van der Waals surface area (Å²) < 4.78 is 35.2. The second-order valence-corrected chi connectivity index (χ2v) is 11.5. The standard InChI is InChI=1S/C18H23ClN2O5S2/c1-18(2,3)16(22)20-17-21(12-8-28(23,24)9-15(12)27-17)11-6-10(19)13(25-4)7-14(11)26-5/h6-7,12,15H,8-9H2,1-5H3. The van der Waals surface area contributed by atoms with Crippen molar-refractivity contribution in [2.45, 2.75) is 32.1 Å². The molecular formula is C18H23ClN2O5S2. The van der Waals surface area contributed by atoms with E-state index in [0.717, 1.165) is 0 Å². The summed E-state index contributed by atoms with van der Waals surface area (Å²) in [4.78, 5) is 18.6. The van der Waals surface area contributed by atoms with E-state index in [9.17, 15) is 13.2 Å². The van der Waals surface area contributed by atoms with Crippen LogP contribution in [0.4, 0.5) is 5.69 Å². The molecule has 2 aliphatic heterocycles. The molecule has 0 saturated carbocycles. The first-order valence-electron chi connectivity index (χ1n) is 8.68. The van der Waals surface area contributed by atoms with Crippen molar-refractivity contribution in [3.63, 3.8) is 0 Å². The first-order valence-corrected chi connectivity index (χ1v) is 11.8. The van der Waals surface area contributed by atoms with Gasteiger partial charge in [-0.2, -0.15) is 4.99 Å². The smallest absolute Gasteiger partial charge is 0.253 e. The third-order valence-corrected chi connectivity index (χ3v) is 8.12. The number of rotatable bonds is 3. The van der Waals surface area contributed by atoms with Gasteiger partial charge in [0.2, 0.25) is 0 Å². The normalized spacial score (nSPS) is 25.1. The van der Waals surface area contributed by atoms with Gasteiger partial charge < -0.3 is 14.4 Å². The average molecular weight is 447 g/mol. The van der Waals surface area contributed by atoms with Crippen molar-refractivity contribution < 1.29 is 22.7 Å². The maximum atomic E-state index is 12.5. The highest BCUT2D eigenvalue weighted by molar-refractivity contribution is 8.16. The van der Waals surface area contributed by atoms with Crippen LogP contribution in [0.3, 0.4) is 0 Å². The van der Waals surface area contributed by atoms with E-state index in [-0.39, 0.29) is 28.7 Å². The van der Waals surface area contributed by atoms with Gasteiger partial charge in [-0.05, 0) is 6.07 Å². The number of benzene rings is 1. The number of ether oxygens (including phenoxy) is 2. The number of amidine groups is 1. The molecule has 0 aromatic heterocycles. The molecule has 2 saturated heterocycles. The fraction of sp³-hybridized carbons (Fsp3) is 0.556. The Bertz CT molecular complexity index is 940. The first kappa shape index (κ1) is 21.3. The highest BCUT2D eigenvalue weighted by atomic mass is 35.5. The Morgan fingerprint density at radius 3 is 2.43 bits per heavy atom. The molecule has 0 N–H and O–H groups in total. The zero-order valence-electron chi connectivity index (χ0n) is 16.4. The summed E-state index contributed by atoms with van der Waals surface area (Å²) in [5, 5.41) is 0.612. The van der Waals surface area contributed by atoms with Crippen LogP contribution in [-0.2, 0) is 14.6 Å². The van der Waals surface area contributed by atoms with E-state index in [1.807, 2.05) is 0 Å². The molecule has 1 aromatic rings. The topological polar surface area (TPSA) is 85.3 Å². The lowest BCUT2D eigenvalue weighted by Gasteiger charge is -2.27. The Balaban J connectivity index is 2.14. The minimum Gasteiger partial charge on any atom is -0.495 e. The highest BCUT2D eigenvalue weighted by Gasteiger charge is 2.50. The van der Waals surface area contributed by atoms with Crippen LogP contribution in [0.25, 0.3) is 0 Å². The lowest BCUT2D eigenvalue weighted by Crippen LogP contribution is -2.38. The predicted molar refractivity (Wildman–Crippen MR) is 113 cm³/mol. The van der Waals surface area contributed by atoms with Crippen LogP contribution in [0.5, 0.6) is 11.5 Å². The zero-order chi connectivity index (χ0) is 20.9. The minimum atomic E-state index is -3.17. The summed E-state index contributed by atoms with van der Waals surface area (Å²) in [6.07, 6.45) is 0. The van der Waals surface area contributed by atoms with Crippen LogP contribution in [0.15, 0.2) is 17.1 Å². The van der Waals surface area contributed by atoms with Gasteiger partial charge in [-0.1, -0.05) is 44.1 Å². The van der Waals surface area contributed by atoms with Crippen molar-refractivity contribution in [1.29, 1.82) is 0 Å². The quantitative estimate of drug-likeness (QED) is 0.705. The third-order valence-electron chi connectivity index (χ3n) is 4.62. The van der Waals surface area contributed by atoms with E-state index in [1.165, 1.54) is 26.0 Å². The Hall–Kier alpha value is -1.45. The molecule has 2 fully saturated rings. The summed E-state index contributed by atoms with van der Waals surface area (Å²) in [6.45, 7) is 5.37. The van der Waals surface area contributed by atoms with Crippen molar-refractivity contribution in [3.05, 3.63) is 17.2 Å². The molecule has 2 atom stereocenters. The number of aliphatic imine (C=N–C) groups is 1. The van der Waals surface area contributed by atoms with Crippen LogP contribution in [0.1, 0.15) is 20.8 Å². The Morgan fingerprint density at radius 2 is 1.86 bits per heavy atom. The lowest BCUT2D eigenvalue weighted by molar-refractivity contribution is -0.124. The summed E-state index contributed by atoms with van der Waals surface area (Å²) in [5.41, 5.74) is -0.0872. The summed E-state index contributed by atoms with van der Waals surface area (Å²) in [6, 6.07) is 2.95. The number of amides is 1. The molecule has 0 spiro atoms. The first-order chi connectivity index (χ1) is 13.0. The molecule has 2 aliphatic rings. The van der Waals surface area contributed by atoms with Gasteiger partial charge in [0.05, 0.1) is 42.5 Å². The molecule has 10 heteroatoms. The number of thioether (sulfide) groups is 1. The number of anilines is 1. The molecule has 28 heavy (non-hydrogen) atoms. The number of carbonyl (C=O) groups is 1. The molecule has 0 radical (unpaired) electrons. The van der Waals surface area contributed by atoms with E-state index >= 15 is 0 Å². The van der Waals surface area contributed by atoms with Crippen LogP contribution in [0.2, 0.25) is 5.02 Å². The van der Waals surface area contributed by atoms with E-state index in [2.05, 4.69) is 4.99 Å². The molecule has 2 unspecified atom stereocenters. The predicted octanol–water partition coefficient (Wildman–Crippen LogP) is 3.00. The van der Waals surface area contributed by atoms with Gasteiger partial charge in [-0.25, -0.2) is 8.42 Å². The Labute approximate surface area is 174 Å². The number of hydrogen-bond donors (Lipinski definition) is 0. The molecular weight excluding hydrogens is 424 g/mol. The highest BCUT2D eigenvalue weighted by Crippen LogP contribution is 2.46. The third kappa shape index (κ3) is 3.97. The number of hydrogen-bond acceptors (Lipinski definition) is 6. The summed E-state index contributed by atoms with van der Waals surface area (Å²) >= 11 is 7.63. The van der Waals surface area contributed by atoms with Gasteiger partial charge in [-0.3, -0.25) is 4.79 Å². The van der Waals surface area contributed by atoms with E-state index < -0.39 is 15.3 Å². The van der Waals surface area contributed by atoms with Crippen molar-refractivity contribution in [3.8, 4) is 11.5 Å². The van der Waals surface area contributed by atoms with E-state index in [0.29, 0.717) is 27.4 Å². The fourth-order valence-corrected chi connectivity index (χ4v) is 7.27. The van der Waals surface area contributed by atoms with Gasteiger partial charge in [-0.15, -0.1) is 0 Å². The molecule has 7 nitrogen and oxygen atoms in total. The van der Waals surface area contributed by atoms with Gasteiger partial charge >= 0.3 is 0 Å². The van der Waals surface area contributed by atoms with Crippen molar-refractivity contribution >= 4 is 50.0 Å². The molecule has 1 amide bonds. The van der Waals surface area contributed by atoms with Crippen LogP contribution >= 0.6 is 23.4 Å². The summed E-state index contributed by atoms with van der Waals surface area (Å²) in [5.74, 6) is 0.659. The summed E-state index contributed by atoms with van der Waals surface area (Å²) in [7, 11) is -0.160. The SMILES string of the molecule is COc1cc(OC)c(N2C(=NC(=O)C(C)(C)C)SC3CS(=O)(=O)CC32)cc1Cl. The minimum absolute atomic E-state index is 0.0137. The maximum Gasteiger partial charge on any atom is 0.253 e. The molecule has 154 valence electrons. The molecule has 0 bridgehead atoms. The van der Waals surface area contributed by atoms with E-state index in [4.69, 9.17) is 21.1 Å². The number of carbonyl (C=O) groups excluding carboxylic acids is 1. The van der Waals surface area contributed by atoms with Crippen molar-refractivity contribution in [1.82, 2.24) is 0 Å². The van der Waals surface area contributed by atoms with Crippen LogP contribution in [-0.4, -0.2) is 56.5 Å². The monoisotopic (exact) mass is 446 g/mol. The molecule has 2 heterocycles.